The lowest BCUT2D eigenvalue weighted by Gasteiger charge is -2.01. The van der Waals surface area contributed by atoms with Gasteiger partial charge in [-0.15, -0.1) is 11.3 Å². The van der Waals surface area contributed by atoms with Gasteiger partial charge in [0.1, 0.15) is 5.76 Å². The summed E-state index contributed by atoms with van der Waals surface area (Å²) in [6.45, 7) is 0. The van der Waals surface area contributed by atoms with E-state index in [0.717, 1.165) is 26.5 Å². The molecule has 4 rings (SSSR count). The van der Waals surface area contributed by atoms with Crippen LogP contribution in [0.3, 0.4) is 0 Å². The number of carbonyl (C=O) groups is 1. The second-order valence-electron chi connectivity index (χ2n) is 5.22. The minimum Gasteiger partial charge on any atom is -0.465 e. The molecule has 0 aliphatic rings. The van der Waals surface area contributed by atoms with Crippen LogP contribution >= 0.6 is 11.3 Å². The molecule has 2 aromatic heterocycles. The molecule has 0 aliphatic carbocycles. The number of fused-ring (bicyclic) bond motifs is 1. The first-order valence-electron chi connectivity index (χ1n) is 7.39. The molecule has 0 spiro atoms. The number of carbonyl (C=O) groups excluding carboxylic acids is 1. The average molecular weight is 335 g/mol. The van der Waals surface area contributed by atoms with Crippen molar-refractivity contribution in [3.8, 4) is 22.1 Å². The van der Waals surface area contributed by atoms with Crippen LogP contribution in [-0.2, 0) is 4.74 Å². The summed E-state index contributed by atoms with van der Waals surface area (Å²) in [6, 6.07) is 19.0. The van der Waals surface area contributed by atoms with Crippen molar-refractivity contribution in [2.75, 3.05) is 7.11 Å². The van der Waals surface area contributed by atoms with Crippen molar-refractivity contribution in [1.29, 1.82) is 0 Å². The third-order valence-electron chi connectivity index (χ3n) is 3.68. The number of esters is 1. The van der Waals surface area contributed by atoms with E-state index in [1.165, 1.54) is 7.11 Å². The molecular formula is C19H13NO3S. The highest BCUT2D eigenvalue weighted by Gasteiger charge is 2.13. The monoisotopic (exact) mass is 335 g/mol. The first-order chi connectivity index (χ1) is 11.7. The van der Waals surface area contributed by atoms with Crippen molar-refractivity contribution in [2.45, 2.75) is 0 Å². The lowest BCUT2D eigenvalue weighted by atomic mass is 10.1. The predicted molar refractivity (Wildman–Crippen MR) is 94.1 cm³/mol. The van der Waals surface area contributed by atoms with Crippen molar-refractivity contribution in [1.82, 2.24) is 4.98 Å². The van der Waals surface area contributed by atoms with E-state index in [1.54, 1.807) is 23.5 Å². The van der Waals surface area contributed by atoms with Gasteiger partial charge in [-0.2, -0.15) is 0 Å². The van der Waals surface area contributed by atoms with Crippen molar-refractivity contribution >= 4 is 27.5 Å². The molecule has 0 saturated heterocycles. The molecule has 5 heteroatoms. The highest BCUT2D eigenvalue weighted by molar-refractivity contribution is 7.21. The maximum atomic E-state index is 11.7. The number of benzene rings is 2. The van der Waals surface area contributed by atoms with Crippen LogP contribution in [0, 0.1) is 0 Å². The lowest BCUT2D eigenvalue weighted by Crippen LogP contribution is -2.00. The van der Waals surface area contributed by atoms with Crippen LogP contribution in [0.5, 0.6) is 0 Å². The molecule has 0 radical (unpaired) electrons. The first kappa shape index (κ1) is 14.7. The second-order valence-corrected chi connectivity index (χ2v) is 6.25. The Labute approximate surface area is 142 Å². The van der Waals surface area contributed by atoms with Crippen LogP contribution < -0.4 is 0 Å². The van der Waals surface area contributed by atoms with E-state index in [0.29, 0.717) is 11.3 Å². The Balaban J connectivity index is 1.71. The number of furan rings is 1. The van der Waals surface area contributed by atoms with Crippen LogP contribution in [0.15, 0.2) is 65.1 Å². The number of rotatable bonds is 3. The molecule has 24 heavy (non-hydrogen) atoms. The zero-order valence-electron chi connectivity index (χ0n) is 12.9. The number of thiazole rings is 1. The molecule has 0 fully saturated rings. The Morgan fingerprint density at radius 2 is 1.88 bits per heavy atom. The van der Waals surface area contributed by atoms with E-state index in [9.17, 15) is 4.79 Å². The van der Waals surface area contributed by atoms with Crippen LogP contribution in [0.2, 0.25) is 0 Å². The van der Waals surface area contributed by atoms with Gasteiger partial charge in [-0.3, -0.25) is 0 Å². The standard InChI is InChI=1S/C19H13NO3S/c1-22-19(21)13-6-4-5-12(11-13)15-9-10-16(23-15)18-20-14-7-2-3-8-17(14)24-18/h2-11H,1H3. The Morgan fingerprint density at radius 3 is 2.71 bits per heavy atom. The number of methoxy groups -OCH3 is 1. The molecule has 0 bridgehead atoms. The summed E-state index contributed by atoms with van der Waals surface area (Å²) in [5, 5.41) is 0.839. The van der Waals surface area contributed by atoms with Gasteiger partial charge in [-0.05, 0) is 36.4 Å². The Kier molecular flexibility index (Phi) is 3.63. The van der Waals surface area contributed by atoms with Gasteiger partial charge in [0.05, 0.1) is 22.9 Å². The third kappa shape index (κ3) is 2.59. The van der Waals surface area contributed by atoms with Gasteiger partial charge in [0.2, 0.25) is 0 Å². The van der Waals surface area contributed by atoms with Crippen molar-refractivity contribution in [3.05, 3.63) is 66.2 Å². The molecular weight excluding hydrogens is 322 g/mol. The number of hydrogen-bond acceptors (Lipinski definition) is 5. The minimum absolute atomic E-state index is 0.366. The van der Waals surface area contributed by atoms with Crippen molar-refractivity contribution < 1.29 is 13.9 Å². The SMILES string of the molecule is COC(=O)c1cccc(-c2ccc(-c3nc4ccccc4s3)o2)c1. The van der Waals surface area contributed by atoms with Crippen LogP contribution in [0.1, 0.15) is 10.4 Å². The topological polar surface area (TPSA) is 52.3 Å². The Bertz CT molecular complexity index is 999. The molecule has 0 unspecified atom stereocenters. The summed E-state index contributed by atoms with van der Waals surface area (Å²) in [5.74, 6) is 1.04. The van der Waals surface area contributed by atoms with Crippen LogP contribution in [-0.4, -0.2) is 18.1 Å². The smallest absolute Gasteiger partial charge is 0.337 e. The zero-order chi connectivity index (χ0) is 16.5. The van der Waals surface area contributed by atoms with E-state index < -0.39 is 0 Å². The van der Waals surface area contributed by atoms with Gasteiger partial charge in [0.15, 0.2) is 10.8 Å². The number of hydrogen-bond donors (Lipinski definition) is 0. The lowest BCUT2D eigenvalue weighted by molar-refractivity contribution is 0.0601. The number of para-hydroxylation sites is 1. The number of nitrogens with zero attached hydrogens (tertiary/aromatic N) is 1. The summed E-state index contributed by atoms with van der Waals surface area (Å²) >= 11 is 1.59. The van der Waals surface area contributed by atoms with E-state index in [2.05, 4.69) is 4.98 Å². The fourth-order valence-corrected chi connectivity index (χ4v) is 3.43. The van der Waals surface area contributed by atoms with Crippen LogP contribution in [0.4, 0.5) is 0 Å². The molecule has 0 N–H and O–H groups in total. The Morgan fingerprint density at radius 1 is 1.04 bits per heavy atom. The molecule has 4 nitrogen and oxygen atoms in total. The van der Waals surface area contributed by atoms with Gasteiger partial charge < -0.3 is 9.15 Å². The summed E-state index contributed by atoms with van der Waals surface area (Å²) in [6.07, 6.45) is 0. The molecule has 4 aromatic rings. The molecule has 0 amide bonds. The molecule has 0 saturated carbocycles. The van der Waals surface area contributed by atoms with Crippen LogP contribution in [0.25, 0.3) is 32.3 Å². The van der Waals surface area contributed by atoms with E-state index in [-0.39, 0.29) is 5.97 Å². The first-order valence-corrected chi connectivity index (χ1v) is 8.21. The number of aromatic nitrogens is 1. The maximum Gasteiger partial charge on any atom is 0.337 e. The minimum atomic E-state index is -0.366. The van der Waals surface area contributed by atoms with Crippen molar-refractivity contribution in [3.63, 3.8) is 0 Å². The fourth-order valence-electron chi connectivity index (χ4n) is 2.50. The molecule has 2 heterocycles. The Hall–Kier alpha value is -2.92. The third-order valence-corrected chi connectivity index (χ3v) is 4.73. The molecule has 118 valence electrons. The quantitative estimate of drug-likeness (QED) is 0.494. The van der Waals surface area contributed by atoms with E-state index >= 15 is 0 Å². The molecule has 0 atom stereocenters. The van der Waals surface area contributed by atoms with Gasteiger partial charge in [0.25, 0.3) is 0 Å². The van der Waals surface area contributed by atoms with E-state index in [4.69, 9.17) is 9.15 Å². The van der Waals surface area contributed by atoms with Gasteiger partial charge in [0, 0.05) is 5.56 Å². The normalized spacial score (nSPS) is 10.9. The largest absolute Gasteiger partial charge is 0.465 e. The fraction of sp³-hybridized carbons (Fsp3) is 0.0526. The predicted octanol–water partition coefficient (Wildman–Crippen LogP) is 5.01. The van der Waals surface area contributed by atoms with E-state index in [1.807, 2.05) is 48.5 Å². The summed E-state index contributed by atoms with van der Waals surface area (Å²) in [4.78, 5) is 16.3. The second kappa shape index (κ2) is 5.94. The zero-order valence-corrected chi connectivity index (χ0v) is 13.7. The van der Waals surface area contributed by atoms with Crippen molar-refractivity contribution in [2.24, 2.45) is 0 Å². The summed E-state index contributed by atoms with van der Waals surface area (Å²) in [7, 11) is 1.37. The molecule has 0 aliphatic heterocycles. The van der Waals surface area contributed by atoms with Gasteiger partial charge >= 0.3 is 5.97 Å². The van der Waals surface area contributed by atoms with Gasteiger partial charge in [-0.1, -0.05) is 24.3 Å². The van der Waals surface area contributed by atoms with Gasteiger partial charge in [-0.25, -0.2) is 9.78 Å². The average Bonchev–Trinajstić information content (AvgIpc) is 3.27. The maximum absolute atomic E-state index is 11.7. The highest BCUT2D eigenvalue weighted by Crippen LogP contribution is 2.33. The molecule has 2 aromatic carbocycles. The number of ether oxygens (including phenoxy) is 1. The summed E-state index contributed by atoms with van der Waals surface area (Å²) in [5.41, 5.74) is 2.28. The highest BCUT2D eigenvalue weighted by atomic mass is 32.1. The summed E-state index contributed by atoms with van der Waals surface area (Å²) < 4.78 is 11.8.